The molecular formula is C8H14N4S. The summed E-state index contributed by atoms with van der Waals surface area (Å²) in [5, 5.41) is 10.9. The summed E-state index contributed by atoms with van der Waals surface area (Å²) >= 11 is 5.00. The summed E-state index contributed by atoms with van der Waals surface area (Å²) in [7, 11) is 0. The average Bonchev–Trinajstić information content (AvgIpc) is 2.57. The molecule has 0 bridgehead atoms. The molecule has 72 valence electrons. The lowest BCUT2D eigenvalue weighted by molar-refractivity contribution is 0.601. The van der Waals surface area contributed by atoms with Gasteiger partial charge in [0, 0.05) is 25.5 Å². The van der Waals surface area contributed by atoms with Crippen LogP contribution in [0.4, 0.5) is 0 Å². The molecule has 0 atom stereocenters. The molecule has 1 aromatic rings. The zero-order valence-electron chi connectivity index (χ0n) is 7.66. The SMILES string of the molecule is CCNC(=S)NCCn1cccn1. The van der Waals surface area contributed by atoms with Crippen LogP contribution >= 0.6 is 12.2 Å². The van der Waals surface area contributed by atoms with Crippen LogP contribution in [0.25, 0.3) is 0 Å². The Kier molecular flexibility index (Phi) is 4.25. The van der Waals surface area contributed by atoms with Crippen molar-refractivity contribution in [1.29, 1.82) is 0 Å². The van der Waals surface area contributed by atoms with Crippen LogP contribution in [-0.4, -0.2) is 28.0 Å². The maximum Gasteiger partial charge on any atom is 0.166 e. The highest BCUT2D eigenvalue weighted by molar-refractivity contribution is 7.80. The molecule has 2 N–H and O–H groups in total. The predicted molar refractivity (Wildman–Crippen MR) is 56.5 cm³/mol. The number of hydrogen-bond acceptors (Lipinski definition) is 2. The summed E-state index contributed by atoms with van der Waals surface area (Å²) in [5.41, 5.74) is 0. The second-order valence-corrected chi connectivity index (χ2v) is 2.96. The van der Waals surface area contributed by atoms with Crippen molar-refractivity contribution in [3.05, 3.63) is 18.5 Å². The van der Waals surface area contributed by atoms with Crippen LogP contribution in [0.5, 0.6) is 0 Å². The molecule has 0 aromatic carbocycles. The van der Waals surface area contributed by atoms with E-state index in [4.69, 9.17) is 12.2 Å². The van der Waals surface area contributed by atoms with E-state index in [-0.39, 0.29) is 0 Å². The highest BCUT2D eigenvalue weighted by Gasteiger charge is 1.92. The smallest absolute Gasteiger partial charge is 0.166 e. The van der Waals surface area contributed by atoms with Gasteiger partial charge in [-0.2, -0.15) is 5.10 Å². The van der Waals surface area contributed by atoms with Crippen LogP contribution in [0.2, 0.25) is 0 Å². The van der Waals surface area contributed by atoms with Gasteiger partial charge in [-0.1, -0.05) is 0 Å². The molecular weight excluding hydrogens is 184 g/mol. The highest BCUT2D eigenvalue weighted by Crippen LogP contribution is 1.82. The van der Waals surface area contributed by atoms with Crippen molar-refractivity contribution < 1.29 is 0 Å². The number of aromatic nitrogens is 2. The van der Waals surface area contributed by atoms with Crippen LogP contribution in [-0.2, 0) is 6.54 Å². The van der Waals surface area contributed by atoms with Crippen LogP contribution in [0, 0.1) is 0 Å². The molecule has 0 amide bonds. The van der Waals surface area contributed by atoms with Gasteiger partial charge >= 0.3 is 0 Å². The first-order valence-electron chi connectivity index (χ1n) is 4.32. The van der Waals surface area contributed by atoms with E-state index in [1.807, 2.05) is 23.9 Å². The van der Waals surface area contributed by atoms with Crippen LogP contribution in [0.3, 0.4) is 0 Å². The fourth-order valence-electron chi connectivity index (χ4n) is 0.940. The molecule has 0 spiro atoms. The number of nitrogens with one attached hydrogen (secondary N) is 2. The zero-order chi connectivity index (χ0) is 9.52. The van der Waals surface area contributed by atoms with E-state index in [2.05, 4.69) is 15.7 Å². The zero-order valence-corrected chi connectivity index (χ0v) is 8.47. The van der Waals surface area contributed by atoms with Gasteiger partial charge < -0.3 is 10.6 Å². The Morgan fingerprint density at radius 2 is 2.38 bits per heavy atom. The summed E-state index contributed by atoms with van der Waals surface area (Å²) in [6.45, 7) is 4.50. The lowest BCUT2D eigenvalue weighted by Gasteiger charge is -2.08. The van der Waals surface area contributed by atoms with Crippen LogP contribution < -0.4 is 10.6 Å². The minimum Gasteiger partial charge on any atom is -0.363 e. The third-order valence-corrected chi connectivity index (χ3v) is 1.81. The van der Waals surface area contributed by atoms with Crippen molar-refractivity contribution in [3.8, 4) is 0 Å². The third-order valence-electron chi connectivity index (χ3n) is 1.52. The number of rotatable bonds is 4. The van der Waals surface area contributed by atoms with E-state index in [1.54, 1.807) is 6.20 Å². The Morgan fingerprint density at radius 3 is 3.00 bits per heavy atom. The Bertz CT molecular complexity index is 245. The maximum atomic E-state index is 5.00. The Morgan fingerprint density at radius 1 is 1.54 bits per heavy atom. The van der Waals surface area contributed by atoms with Crippen molar-refractivity contribution >= 4 is 17.3 Å². The standard InChI is InChI=1S/C8H14N4S/c1-2-9-8(13)10-5-7-12-6-3-4-11-12/h3-4,6H,2,5,7H2,1H3,(H2,9,10,13). The van der Waals surface area contributed by atoms with E-state index in [9.17, 15) is 0 Å². The molecule has 0 unspecified atom stereocenters. The molecule has 5 heteroatoms. The Hall–Kier alpha value is -1.10. The first-order chi connectivity index (χ1) is 6.33. The Labute approximate surface area is 83.3 Å². The molecule has 0 aliphatic rings. The van der Waals surface area contributed by atoms with Gasteiger partial charge in [-0.05, 0) is 25.2 Å². The lowest BCUT2D eigenvalue weighted by Crippen LogP contribution is -2.36. The summed E-state index contributed by atoms with van der Waals surface area (Å²) in [6.07, 6.45) is 3.70. The maximum absolute atomic E-state index is 5.00. The second-order valence-electron chi connectivity index (χ2n) is 2.56. The first-order valence-corrected chi connectivity index (χ1v) is 4.73. The van der Waals surface area contributed by atoms with E-state index in [0.717, 1.165) is 19.6 Å². The van der Waals surface area contributed by atoms with Gasteiger partial charge in [-0.15, -0.1) is 0 Å². The average molecular weight is 198 g/mol. The topological polar surface area (TPSA) is 41.9 Å². The van der Waals surface area contributed by atoms with Crippen LogP contribution in [0.1, 0.15) is 6.92 Å². The van der Waals surface area contributed by atoms with Crippen molar-refractivity contribution in [2.24, 2.45) is 0 Å². The van der Waals surface area contributed by atoms with Crippen molar-refractivity contribution in [2.75, 3.05) is 13.1 Å². The minimum atomic E-state index is 0.703. The molecule has 1 aromatic heterocycles. The van der Waals surface area contributed by atoms with Crippen LogP contribution in [0.15, 0.2) is 18.5 Å². The molecule has 0 saturated carbocycles. The fourth-order valence-corrected chi connectivity index (χ4v) is 1.19. The molecule has 0 aliphatic carbocycles. The summed E-state index contributed by atoms with van der Waals surface area (Å²) < 4.78 is 1.86. The molecule has 0 radical (unpaired) electrons. The monoisotopic (exact) mass is 198 g/mol. The van der Waals surface area contributed by atoms with Gasteiger partial charge in [-0.25, -0.2) is 0 Å². The van der Waals surface area contributed by atoms with Gasteiger partial charge in [0.15, 0.2) is 5.11 Å². The molecule has 4 nitrogen and oxygen atoms in total. The van der Waals surface area contributed by atoms with E-state index in [0.29, 0.717) is 5.11 Å². The van der Waals surface area contributed by atoms with Gasteiger partial charge in [0.2, 0.25) is 0 Å². The van der Waals surface area contributed by atoms with Crippen molar-refractivity contribution in [3.63, 3.8) is 0 Å². The Balaban J connectivity index is 2.11. The lowest BCUT2D eigenvalue weighted by atomic mass is 10.6. The molecule has 0 saturated heterocycles. The van der Waals surface area contributed by atoms with Crippen molar-refractivity contribution in [2.45, 2.75) is 13.5 Å². The quantitative estimate of drug-likeness (QED) is 0.686. The van der Waals surface area contributed by atoms with Crippen molar-refractivity contribution in [1.82, 2.24) is 20.4 Å². The van der Waals surface area contributed by atoms with E-state index < -0.39 is 0 Å². The molecule has 1 rings (SSSR count). The number of nitrogens with zero attached hydrogens (tertiary/aromatic N) is 2. The molecule has 13 heavy (non-hydrogen) atoms. The fraction of sp³-hybridized carbons (Fsp3) is 0.500. The molecule has 0 fully saturated rings. The van der Waals surface area contributed by atoms with E-state index >= 15 is 0 Å². The number of hydrogen-bond donors (Lipinski definition) is 2. The van der Waals surface area contributed by atoms with Gasteiger partial charge in [-0.3, -0.25) is 4.68 Å². The third kappa shape index (κ3) is 3.89. The first kappa shape index (κ1) is 9.98. The normalized spacial score (nSPS) is 9.62. The molecule has 0 aliphatic heterocycles. The predicted octanol–water partition coefficient (Wildman–Crippen LogP) is 0.367. The minimum absolute atomic E-state index is 0.703. The summed E-state index contributed by atoms with van der Waals surface area (Å²) in [6, 6.07) is 1.91. The largest absolute Gasteiger partial charge is 0.363 e. The van der Waals surface area contributed by atoms with Gasteiger partial charge in [0.05, 0.1) is 6.54 Å². The van der Waals surface area contributed by atoms with E-state index in [1.165, 1.54) is 0 Å². The summed E-state index contributed by atoms with van der Waals surface area (Å²) in [4.78, 5) is 0. The highest BCUT2D eigenvalue weighted by atomic mass is 32.1. The summed E-state index contributed by atoms with van der Waals surface area (Å²) in [5.74, 6) is 0. The van der Waals surface area contributed by atoms with Gasteiger partial charge in [0.1, 0.15) is 0 Å². The second kappa shape index (κ2) is 5.53. The molecule has 1 heterocycles. The number of thiocarbonyl (C=S) groups is 1. The van der Waals surface area contributed by atoms with Gasteiger partial charge in [0.25, 0.3) is 0 Å².